The van der Waals surface area contributed by atoms with Crippen LogP contribution >= 0.6 is 11.6 Å². The van der Waals surface area contributed by atoms with Crippen molar-refractivity contribution >= 4 is 17.4 Å². The Morgan fingerprint density at radius 2 is 2.00 bits per heavy atom. The SMILES string of the molecule is CCO[C@H]1Cc2ccccc2C1Nc1c(C)nc(-c2ccc(OC)cc2Cl)c(=O)n1CC. The highest BCUT2D eigenvalue weighted by Crippen LogP contribution is 2.37. The molecule has 6 nitrogen and oxygen atoms in total. The number of rotatable bonds is 7. The Bertz CT molecular complexity index is 1190. The summed E-state index contributed by atoms with van der Waals surface area (Å²) in [5.74, 6) is 1.34. The van der Waals surface area contributed by atoms with Gasteiger partial charge in [-0.25, -0.2) is 4.98 Å². The van der Waals surface area contributed by atoms with Crippen LogP contribution in [0.1, 0.15) is 36.7 Å². The van der Waals surface area contributed by atoms with Gasteiger partial charge >= 0.3 is 0 Å². The minimum Gasteiger partial charge on any atom is -0.497 e. The molecule has 2 atom stereocenters. The van der Waals surface area contributed by atoms with E-state index < -0.39 is 0 Å². The van der Waals surface area contributed by atoms with Crippen LogP contribution in [0.2, 0.25) is 5.02 Å². The van der Waals surface area contributed by atoms with Crippen molar-refractivity contribution in [3.63, 3.8) is 0 Å². The monoisotopic (exact) mass is 453 g/mol. The third-order valence-electron chi connectivity index (χ3n) is 5.94. The summed E-state index contributed by atoms with van der Waals surface area (Å²) in [5, 5.41) is 4.02. The maximum Gasteiger partial charge on any atom is 0.278 e. The van der Waals surface area contributed by atoms with Gasteiger partial charge in [0.1, 0.15) is 17.3 Å². The largest absolute Gasteiger partial charge is 0.497 e. The van der Waals surface area contributed by atoms with E-state index in [1.165, 1.54) is 11.1 Å². The maximum absolute atomic E-state index is 13.4. The second-order valence-electron chi connectivity index (χ2n) is 7.81. The number of nitrogens with one attached hydrogen (secondary N) is 1. The highest BCUT2D eigenvalue weighted by atomic mass is 35.5. The van der Waals surface area contributed by atoms with Crippen molar-refractivity contribution in [3.8, 4) is 17.0 Å². The molecule has 168 valence electrons. The molecule has 0 aliphatic heterocycles. The first-order valence-electron chi connectivity index (χ1n) is 10.9. The Morgan fingerprint density at radius 1 is 1.22 bits per heavy atom. The molecular formula is C25H28ClN3O3. The lowest BCUT2D eigenvalue weighted by molar-refractivity contribution is 0.0572. The molecule has 0 saturated heterocycles. The second-order valence-corrected chi connectivity index (χ2v) is 8.22. The van der Waals surface area contributed by atoms with Gasteiger partial charge in [0, 0.05) is 25.1 Å². The molecule has 0 fully saturated rings. The predicted molar refractivity (Wildman–Crippen MR) is 128 cm³/mol. The average molecular weight is 454 g/mol. The van der Waals surface area contributed by atoms with E-state index >= 15 is 0 Å². The minimum absolute atomic E-state index is 0.00656. The molecule has 0 spiro atoms. The first kappa shape index (κ1) is 22.4. The zero-order valence-corrected chi connectivity index (χ0v) is 19.6. The summed E-state index contributed by atoms with van der Waals surface area (Å²) in [6.07, 6.45) is 0.831. The number of ether oxygens (including phenoxy) is 2. The van der Waals surface area contributed by atoms with E-state index in [1.54, 1.807) is 29.9 Å². The summed E-state index contributed by atoms with van der Waals surface area (Å²) in [6, 6.07) is 13.5. The third-order valence-corrected chi connectivity index (χ3v) is 6.26. The molecule has 3 aromatic rings. The fourth-order valence-corrected chi connectivity index (χ4v) is 4.67. The van der Waals surface area contributed by atoms with Crippen LogP contribution in [-0.2, 0) is 17.7 Å². The van der Waals surface area contributed by atoms with Gasteiger partial charge in [-0.1, -0.05) is 35.9 Å². The van der Waals surface area contributed by atoms with Crippen LogP contribution in [0.4, 0.5) is 5.82 Å². The van der Waals surface area contributed by atoms with Gasteiger partial charge in [-0.3, -0.25) is 9.36 Å². The normalized spacial score (nSPS) is 17.3. The van der Waals surface area contributed by atoms with Crippen LogP contribution in [0, 0.1) is 6.92 Å². The van der Waals surface area contributed by atoms with Crippen molar-refractivity contribution in [3.05, 3.63) is 74.7 Å². The molecule has 1 heterocycles. The number of halogens is 1. The van der Waals surface area contributed by atoms with Crippen LogP contribution in [-0.4, -0.2) is 29.4 Å². The van der Waals surface area contributed by atoms with Crippen LogP contribution in [0.25, 0.3) is 11.3 Å². The highest BCUT2D eigenvalue weighted by molar-refractivity contribution is 6.33. The summed E-state index contributed by atoms with van der Waals surface area (Å²) in [7, 11) is 1.58. The van der Waals surface area contributed by atoms with Crippen LogP contribution in [0.3, 0.4) is 0 Å². The number of hydrogen-bond donors (Lipinski definition) is 1. The topological polar surface area (TPSA) is 65.4 Å². The second kappa shape index (κ2) is 9.35. The van der Waals surface area contributed by atoms with Crippen molar-refractivity contribution in [2.45, 2.75) is 45.9 Å². The van der Waals surface area contributed by atoms with Gasteiger partial charge in [-0.2, -0.15) is 0 Å². The Kier molecular flexibility index (Phi) is 6.53. The Labute approximate surface area is 193 Å². The third kappa shape index (κ3) is 4.00. The van der Waals surface area contributed by atoms with E-state index in [0.717, 1.165) is 12.1 Å². The molecule has 0 amide bonds. The molecule has 1 unspecified atom stereocenters. The van der Waals surface area contributed by atoms with Crippen molar-refractivity contribution in [1.29, 1.82) is 0 Å². The Hall–Kier alpha value is -2.83. The number of nitrogens with zero attached hydrogens (tertiary/aromatic N) is 2. The fraction of sp³-hybridized carbons (Fsp3) is 0.360. The lowest BCUT2D eigenvalue weighted by atomic mass is 10.1. The summed E-state index contributed by atoms with van der Waals surface area (Å²) < 4.78 is 13.0. The van der Waals surface area contributed by atoms with Crippen molar-refractivity contribution in [1.82, 2.24) is 9.55 Å². The van der Waals surface area contributed by atoms with Gasteiger partial charge in [0.25, 0.3) is 5.56 Å². The first-order chi connectivity index (χ1) is 15.5. The Morgan fingerprint density at radius 3 is 2.69 bits per heavy atom. The standard InChI is InChI=1S/C25H28ClN3O3/c1-5-29-24(28-22-18-10-8-7-9-16(18)13-21(22)32-6-2)15(3)27-23(25(29)30)19-12-11-17(31-4)14-20(19)26/h7-12,14,21-22,28H,5-6,13H2,1-4H3/t21-,22?/m0/s1. The number of aryl methyl sites for hydroxylation is 1. The molecule has 0 bridgehead atoms. The summed E-state index contributed by atoms with van der Waals surface area (Å²) in [6.45, 7) is 6.99. The van der Waals surface area contributed by atoms with E-state index in [9.17, 15) is 4.79 Å². The molecule has 0 saturated carbocycles. The van der Waals surface area contributed by atoms with Gasteiger partial charge in [0.05, 0.1) is 30.0 Å². The quantitative estimate of drug-likeness (QED) is 0.544. The first-order valence-corrected chi connectivity index (χ1v) is 11.3. The van der Waals surface area contributed by atoms with E-state index in [-0.39, 0.29) is 17.7 Å². The van der Waals surface area contributed by atoms with Crippen LogP contribution < -0.4 is 15.6 Å². The molecule has 32 heavy (non-hydrogen) atoms. The molecule has 2 aromatic carbocycles. The highest BCUT2D eigenvalue weighted by Gasteiger charge is 2.34. The molecule has 4 rings (SSSR count). The average Bonchev–Trinajstić information content (AvgIpc) is 3.13. The zero-order valence-electron chi connectivity index (χ0n) is 18.8. The number of hydrogen-bond acceptors (Lipinski definition) is 5. The molecule has 1 N–H and O–H groups in total. The summed E-state index contributed by atoms with van der Waals surface area (Å²) in [5.41, 5.74) is 3.92. The van der Waals surface area contributed by atoms with E-state index in [0.29, 0.717) is 41.0 Å². The van der Waals surface area contributed by atoms with Crippen molar-refractivity contribution in [2.75, 3.05) is 19.0 Å². The van der Waals surface area contributed by atoms with Gasteiger partial charge in [-0.15, -0.1) is 0 Å². The van der Waals surface area contributed by atoms with Gasteiger partial charge < -0.3 is 14.8 Å². The lowest BCUT2D eigenvalue weighted by Gasteiger charge is -2.26. The van der Waals surface area contributed by atoms with Crippen molar-refractivity contribution < 1.29 is 9.47 Å². The molecule has 1 aromatic heterocycles. The van der Waals surface area contributed by atoms with E-state index in [2.05, 4.69) is 22.4 Å². The zero-order chi connectivity index (χ0) is 22.8. The maximum atomic E-state index is 13.4. The lowest BCUT2D eigenvalue weighted by Crippen LogP contribution is -2.31. The predicted octanol–water partition coefficient (Wildman–Crippen LogP) is 5.02. The molecule has 7 heteroatoms. The Balaban J connectivity index is 1.78. The van der Waals surface area contributed by atoms with Crippen molar-refractivity contribution in [2.24, 2.45) is 0 Å². The number of fused-ring (bicyclic) bond motifs is 1. The number of anilines is 1. The fourth-order valence-electron chi connectivity index (χ4n) is 4.41. The number of benzene rings is 2. The summed E-state index contributed by atoms with van der Waals surface area (Å²) >= 11 is 6.45. The van der Waals surface area contributed by atoms with E-state index in [1.807, 2.05) is 32.9 Å². The smallest absolute Gasteiger partial charge is 0.278 e. The molecule has 1 aliphatic rings. The molecule has 1 aliphatic carbocycles. The summed E-state index contributed by atoms with van der Waals surface area (Å²) in [4.78, 5) is 18.1. The van der Waals surface area contributed by atoms with E-state index in [4.69, 9.17) is 21.1 Å². The van der Waals surface area contributed by atoms with Gasteiger partial charge in [0.2, 0.25) is 0 Å². The number of aromatic nitrogens is 2. The number of methoxy groups -OCH3 is 1. The molecule has 0 radical (unpaired) electrons. The molecular weight excluding hydrogens is 426 g/mol. The van der Waals surface area contributed by atoms with Gasteiger partial charge in [-0.05, 0) is 50.1 Å². The van der Waals surface area contributed by atoms with Gasteiger partial charge in [0.15, 0.2) is 0 Å². The van der Waals surface area contributed by atoms with Crippen LogP contribution in [0.15, 0.2) is 47.3 Å². The minimum atomic E-state index is -0.188. The van der Waals surface area contributed by atoms with Crippen LogP contribution in [0.5, 0.6) is 5.75 Å².